The predicted octanol–water partition coefficient (Wildman–Crippen LogP) is -0.512. The van der Waals surface area contributed by atoms with Gasteiger partial charge in [0.25, 0.3) is 0 Å². The third-order valence-corrected chi connectivity index (χ3v) is 3.70. The SMILES string of the molecule is C[C@@H](CN1CC(C)(C)OCC1C(=O)O)NS(C)(=O)=O. The summed E-state index contributed by atoms with van der Waals surface area (Å²) in [6.45, 7) is 6.35. The number of carboxylic acids is 1. The summed E-state index contributed by atoms with van der Waals surface area (Å²) in [7, 11) is -3.30. The maximum absolute atomic E-state index is 11.2. The van der Waals surface area contributed by atoms with Gasteiger partial charge >= 0.3 is 5.97 Å². The Kier molecular flexibility index (Phi) is 4.94. The maximum Gasteiger partial charge on any atom is 0.323 e. The van der Waals surface area contributed by atoms with Crippen molar-refractivity contribution in [2.24, 2.45) is 0 Å². The van der Waals surface area contributed by atoms with Crippen LogP contribution in [0.1, 0.15) is 20.8 Å². The zero-order chi connectivity index (χ0) is 14.8. The molecule has 0 aromatic carbocycles. The lowest BCUT2D eigenvalue weighted by Gasteiger charge is -2.42. The summed E-state index contributed by atoms with van der Waals surface area (Å²) in [4.78, 5) is 12.9. The highest BCUT2D eigenvalue weighted by atomic mass is 32.2. The van der Waals surface area contributed by atoms with Gasteiger partial charge in [-0.1, -0.05) is 0 Å². The molecule has 0 aliphatic carbocycles. The second-order valence-electron chi connectivity index (χ2n) is 5.65. The van der Waals surface area contributed by atoms with Crippen molar-refractivity contribution in [1.82, 2.24) is 9.62 Å². The predicted molar refractivity (Wildman–Crippen MR) is 70.5 cm³/mol. The van der Waals surface area contributed by atoms with Crippen LogP contribution in [-0.4, -0.2) is 68.0 Å². The number of hydrogen-bond acceptors (Lipinski definition) is 5. The number of nitrogens with one attached hydrogen (secondary N) is 1. The number of hydrogen-bond donors (Lipinski definition) is 2. The molecule has 1 unspecified atom stereocenters. The third-order valence-electron chi connectivity index (χ3n) is 2.87. The van der Waals surface area contributed by atoms with Crippen LogP contribution in [0.15, 0.2) is 0 Å². The summed E-state index contributed by atoms with van der Waals surface area (Å²) >= 11 is 0. The molecular formula is C11H22N2O5S. The molecule has 0 bridgehead atoms. The molecule has 8 heteroatoms. The molecule has 0 amide bonds. The largest absolute Gasteiger partial charge is 0.480 e. The van der Waals surface area contributed by atoms with Gasteiger partial charge in [0.1, 0.15) is 6.04 Å². The molecule has 1 aliphatic heterocycles. The molecule has 1 saturated heterocycles. The molecule has 2 atom stereocenters. The van der Waals surface area contributed by atoms with E-state index in [9.17, 15) is 13.2 Å². The Bertz CT molecular complexity index is 434. The van der Waals surface area contributed by atoms with E-state index in [-0.39, 0.29) is 12.6 Å². The van der Waals surface area contributed by atoms with Gasteiger partial charge in [-0.25, -0.2) is 13.1 Å². The van der Waals surface area contributed by atoms with Crippen molar-refractivity contribution < 1.29 is 23.1 Å². The van der Waals surface area contributed by atoms with Crippen LogP contribution in [0.5, 0.6) is 0 Å². The molecule has 0 saturated carbocycles. The summed E-state index contributed by atoms with van der Waals surface area (Å²) in [6, 6.07) is -1.09. The molecule has 0 spiro atoms. The van der Waals surface area contributed by atoms with Crippen LogP contribution >= 0.6 is 0 Å². The zero-order valence-electron chi connectivity index (χ0n) is 11.7. The fraction of sp³-hybridized carbons (Fsp3) is 0.909. The highest BCUT2D eigenvalue weighted by Crippen LogP contribution is 2.21. The van der Waals surface area contributed by atoms with Crippen molar-refractivity contribution in [3.8, 4) is 0 Å². The molecule has 112 valence electrons. The highest BCUT2D eigenvalue weighted by Gasteiger charge is 2.38. The van der Waals surface area contributed by atoms with Gasteiger partial charge in [0.05, 0.1) is 18.5 Å². The summed E-state index contributed by atoms with van der Waals surface area (Å²) < 4.78 is 30.3. The number of carbonyl (C=O) groups is 1. The summed E-state index contributed by atoms with van der Waals surface area (Å²) in [5.74, 6) is -0.956. The monoisotopic (exact) mass is 294 g/mol. The van der Waals surface area contributed by atoms with Crippen molar-refractivity contribution in [2.45, 2.75) is 38.5 Å². The molecule has 0 aromatic rings. The van der Waals surface area contributed by atoms with Crippen molar-refractivity contribution >= 4 is 16.0 Å². The highest BCUT2D eigenvalue weighted by molar-refractivity contribution is 7.88. The van der Waals surface area contributed by atoms with Crippen molar-refractivity contribution in [1.29, 1.82) is 0 Å². The minimum absolute atomic E-state index is 0.105. The summed E-state index contributed by atoms with van der Waals surface area (Å²) in [6.07, 6.45) is 1.08. The van der Waals surface area contributed by atoms with Crippen LogP contribution < -0.4 is 4.72 Å². The fourth-order valence-electron chi connectivity index (χ4n) is 2.23. The molecule has 0 aromatic heterocycles. The number of ether oxygens (including phenoxy) is 1. The Morgan fingerprint density at radius 2 is 2.16 bits per heavy atom. The molecule has 1 heterocycles. The Morgan fingerprint density at radius 3 is 2.63 bits per heavy atom. The van der Waals surface area contributed by atoms with Gasteiger partial charge in [-0.2, -0.15) is 0 Å². The van der Waals surface area contributed by atoms with Crippen LogP contribution in [0, 0.1) is 0 Å². The number of sulfonamides is 1. The van der Waals surface area contributed by atoms with E-state index in [2.05, 4.69) is 4.72 Å². The molecule has 19 heavy (non-hydrogen) atoms. The molecule has 0 radical (unpaired) electrons. The van der Waals surface area contributed by atoms with E-state index in [1.165, 1.54) is 0 Å². The Labute approximate surface area is 114 Å². The van der Waals surface area contributed by atoms with Gasteiger partial charge in [-0.05, 0) is 20.8 Å². The second kappa shape index (κ2) is 5.74. The van der Waals surface area contributed by atoms with E-state index in [1.54, 1.807) is 11.8 Å². The molecule has 7 nitrogen and oxygen atoms in total. The Morgan fingerprint density at radius 1 is 1.58 bits per heavy atom. The number of nitrogens with zero attached hydrogens (tertiary/aromatic N) is 1. The number of morpholine rings is 1. The first kappa shape index (κ1) is 16.4. The van der Waals surface area contributed by atoms with Crippen LogP contribution in [-0.2, 0) is 19.6 Å². The van der Waals surface area contributed by atoms with Crippen molar-refractivity contribution in [2.75, 3.05) is 26.0 Å². The molecular weight excluding hydrogens is 272 g/mol. The smallest absolute Gasteiger partial charge is 0.323 e. The Balaban J connectivity index is 2.72. The topological polar surface area (TPSA) is 95.9 Å². The van der Waals surface area contributed by atoms with Gasteiger partial charge < -0.3 is 9.84 Å². The van der Waals surface area contributed by atoms with Crippen LogP contribution in [0.25, 0.3) is 0 Å². The first-order valence-electron chi connectivity index (χ1n) is 6.08. The van der Waals surface area contributed by atoms with E-state index in [1.807, 2.05) is 13.8 Å². The average Bonchev–Trinajstić information content (AvgIpc) is 2.11. The average molecular weight is 294 g/mol. The van der Waals surface area contributed by atoms with Gasteiger partial charge in [0.15, 0.2) is 0 Å². The van der Waals surface area contributed by atoms with E-state index < -0.39 is 27.6 Å². The third kappa shape index (κ3) is 5.43. The van der Waals surface area contributed by atoms with E-state index in [0.717, 1.165) is 6.26 Å². The van der Waals surface area contributed by atoms with E-state index in [0.29, 0.717) is 13.1 Å². The van der Waals surface area contributed by atoms with Crippen molar-refractivity contribution in [3.63, 3.8) is 0 Å². The van der Waals surface area contributed by atoms with Crippen molar-refractivity contribution in [3.05, 3.63) is 0 Å². The molecule has 1 fully saturated rings. The van der Waals surface area contributed by atoms with E-state index >= 15 is 0 Å². The Hall–Kier alpha value is -0.700. The number of aliphatic carboxylic acids is 1. The number of rotatable bonds is 5. The lowest BCUT2D eigenvalue weighted by atomic mass is 10.0. The summed E-state index contributed by atoms with van der Waals surface area (Å²) in [5.41, 5.74) is -0.434. The van der Waals surface area contributed by atoms with E-state index in [4.69, 9.17) is 9.84 Å². The van der Waals surface area contributed by atoms with Crippen LogP contribution in [0.4, 0.5) is 0 Å². The maximum atomic E-state index is 11.2. The number of carboxylic acid groups (broad SMARTS) is 1. The quantitative estimate of drug-likeness (QED) is 0.709. The van der Waals surface area contributed by atoms with Gasteiger partial charge in [0, 0.05) is 19.1 Å². The molecule has 1 aliphatic rings. The minimum atomic E-state index is -3.30. The fourth-order valence-corrected chi connectivity index (χ4v) is 3.03. The normalized spacial score (nSPS) is 26.0. The second-order valence-corrected chi connectivity index (χ2v) is 7.43. The summed E-state index contributed by atoms with van der Waals surface area (Å²) in [5, 5.41) is 9.16. The first-order chi connectivity index (χ1) is 8.50. The minimum Gasteiger partial charge on any atom is -0.480 e. The van der Waals surface area contributed by atoms with Gasteiger partial charge in [-0.15, -0.1) is 0 Å². The first-order valence-corrected chi connectivity index (χ1v) is 7.97. The molecule has 2 N–H and O–H groups in total. The standard InChI is InChI=1S/C11H22N2O5S/c1-8(12-19(4,16)17)5-13-7-11(2,3)18-6-9(13)10(14)15/h8-9,12H,5-7H2,1-4H3,(H,14,15)/t8-,9?/m0/s1. The lowest BCUT2D eigenvalue weighted by molar-refractivity contribution is -0.162. The lowest BCUT2D eigenvalue weighted by Crippen LogP contribution is -2.59. The zero-order valence-corrected chi connectivity index (χ0v) is 12.5. The van der Waals surface area contributed by atoms with Gasteiger partial charge in [0.2, 0.25) is 10.0 Å². The van der Waals surface area contributed by atoms with Crippen LogP contribution in [0.2, 0.25) is 0 Å². The molecule has 1 rings (SSSR count). The van der Waals surface area contributed by atoms with Gasteiger partial charge in [-0.3, -0.25) is 9.69 Å². The van der Waals surface area contributed by atoms with Crippen LogP contribution in [0.3, 0.4) is 0 Å².